The average molecular weight is 263 g/mol. The van der Waals surface area contributed by atoms with Crippen LogP contribution >= 0.6 is 0 Å². The maximum Gasteiger partial charge on any atom is 0.243 e. The van der Waals surface area contributed by atoms with E-state index in [2.05, 4.69) is 15.5 Å². The monoisotopic (exact) mass is 263 g/mol. The molecule has 5 nitrogen and oxygen atoms in total. The standard InChI is InChI=1S/C14H21N3O2/c1-2-4-11(15-7-3-1)14-16-13(17-19-14)10-8-9-5-6-12(10)18-9/h9-12,15H,1-8H2. The highest BCUT2D eigenvalue weighted by atomic mass is 16.5. The van der Waals surface area contributed by atoms with Gasteiger partial charge in [0.1, 0.15) is 0 Å². The third-order valence-corrected chi connectivity index (χ3v) is 4.75. The van der Waals surface area contributed by atoms with Gasteiger partial charge in [0.05, 0.1) is 24.2 Å². The lowest BCUT2D eigenvalue weighted by atomic mass is 9.89. The molecule has 0 saturated carbocycles. The molecule has 1 aromatic rings. The van der Waals surface area contributed by atoms with Gasteiger partial charge in [-0.05, 0) is 38.6 Å². The van der Waals surface area contributed by atoms with E-state index in [1.807, 2.05) is 0 Å². The Balaban J connectivity index is 1.49. The van der Waals surface area contributed by atoms with Crippen molar-refractivity contribution in [2.75, 3.05) is 6.54 Å². The molecule has 0 amide bonds. The first-order valence-electron chi connectivity index (χ1n) is 7.62. The Morgan fingerprint density at radius 2 is 2.11 bits per heavy atom. The zero-order chi connectivity index (χ0) is 12.7. The molecular weight excluding hydrogens is 242 g/mol. The molecule has 3 aliphatic rings. The van der Waals surface area contributed by atoms with Gasteiger partial charge >= 0.3 is 0 Å². The SMILES string of the molecule is C1CCNC(c2nc(C3CC4CCC3O4)no2)CC1. The summed E-state index contributed by atoms with van der Waals surface area (Å²) in [4.78, 5) is 4.66. The largest absolute Gasteiger partial charge is 0.374 e. The number of hydrogen-bond acceptors (Lipinski definition) is 5. The number of rotatable bonds is 2. The van der Waals surface area contributed by atoms with Gasteiger partial charge in [0, 0.05) is 0 Å². The predicted octanol–water partition coefficient (Wildman–Crippen LogP) is 2.31. The summed E-state index contributed by atoms with van der Waals surface area (Å²) in [6.07, 6.45) is 9.09. The lowest BCUT2D eigenvalue weighted by Crippen LogP contribution is -2.21. The topological polar surface area (TPSA) is 60.2 Å². The van der Waals surface area contributed by atoms with E-state index in [0.29, 0.717) is 18.1 Å². The van der Waals surface area contributed by atoms with Crippen molar-refractivity contribution in [3.05, 3.63) is 11.7 Å². The maximum atomic E-state index is 5.88. The summed E-state index contributed by atoms with van der Waals surface area (Å²) in [6.45, 7) is 1.06. The van der Waals surface area contributed by atoms with Crippen LogP contribution in [0.5, 0.6) is 0 Å². The Morgan fingerprint density at radius 3 is 2.95 bits per heavy atom. The fourth-order valence-electron chi connectivity index (χ4n) is 3.69. The first-order valence-corrected chi connectivity index (χ1v) is 7.62. The Kier molecular flexibility index (Phi) is 3.04. The van der Waals surface area contributed by atoms with E-state index in [4.69, 9.17) is 9.26 Å². The van der Waals surface area contributed by atoms with Gasteiger partial charge in [0.25, 0.3) is 0 Å². The highest BCUT2D eigenvalue weighted by molar-refractivity contribution is 5.07. The van der Waals surface area contributed by atoms with Crippen LogP contribution in [0.1, 0.15) is 68.6 Å². The molecule has 4 heterocycles. The molecule has 4 unspecified atom stereocenters. The Hall–Kier alpha value is -0.940. The van der Waals surface area contributed by atoms with Gasteiger partial charge in [-0.15, -0.1) is 0 Å². The molecule has 3 fully saturated rings. The van der Waals surface area contributed by atoms with Crippen LogP contribution in [0.2, 0.25) is 0 Å². The molecule has 0 radical (unpaired) electrons. The summed E-state index contributed by atoms with van der Waals surface area (Å²) >= 11 is 0. The summed E-state index contributed by atoms with van der Waals surface area (Å²) < 4.78 is 11.4. The van der Waals surface area contributed by atoms with Crippen LogP contribution in [0.3, 0.4) is 0 Å². The van der Waals surface area contributed by atoms with Gasteiger partial charge in [0.15, 0.2) is 5.82 Å². The first-order chi connectivity index (χ1) is 9.40. The molecule has 4 atom stereocenters. The quantitative estimate of drug-likeness (QED) is 0.887. The van der Waals surface area contributed by atoms with Crippen molar-refractivity contribution >= 4 is 0 Å². The predicted molar refractivity (Wildman–Crippen MR) is 68.8 cm³/mol. The van der Waals surface area contributed by atoms with Crippen molar-refractivity contribution in [3.8, 4) is 0 Å². The van der Waals surface area contributed by atoms with Crippen LogP contribution in [0.4, 0.5) is 0 Å². The number of nitrogens with zero attached hydrogens (tertiary/aromatic N) is 2. The molecule has 4 rings (SSSR count). The number of hydrogen-bond donors (Lipinski definition) is 1. The minimum absolute atomic E-state index is 0.253. The highest BCUT2D eigenvalue weighted by Crippen LogP contribution is 2.43. The normalized spacial score (nSPS) is 38.5. The second kappa shape index (κ2) is 4.87. The molecule has 0 aliphatic carbocycles. The Bertz CT molecular complexity index is 440. The van der Waals surface area contributed by atoms with Crippen LogP contribution in [-0.4, -0.2) is 28.9 Å². The Labute approximate surface area is 113 Å². The van der Waals surface area contributed by atoms with Gasteiger partial charge in [-0.1, -0.05) is 18.0 Å². The molecular formula is C14H21N3O2. The van der Waals surface area contributed by atoms with Crippen LogP contribution in [-0.2, 0) is 4.74 Å². The van der Waals surface area contributed by atoms with E-state index >= 15 is 0 Å². The molecule has 104 valence electrons. The van der Waals surface area contributed by atoms with Crippen molar-refractivity contribution in [2.45, 2.75) is 69.1 Å². The summed E-state index contributed by atoms with van der Waals surface area (Å²) in [5.41, 5.74) is 0. The zero-order valence-corrected chi connectivity index (χ0v) is 11.2. The minimum Gasteiger partial charge on any atom is -0.374 e. The van der Waals surface area contributed by atoms with E-state index in [1.54, 1.807) is 0 Å². The van der Waals surface area contributed by atoms with Gasteiger partial charge in [0.2, 0.25) is 5.89 Å². The van der Waals surface area contributed by atoms with Crippen molar-refractivity contribution < 1.29 is 9.26 Å². The van der Waals surface area contributed by atoms with Crippen LogP contribution in [0.15, 0.2) is 4.52 Å². The number of aromatic nitrogens is 2. The van der Waals surface area contributed by atoms with Crippen molar-refractivity contribution in [3.63, 3.8) is 0 Å². The molecule has 1 aromatic heterocycles. The zero-order valence-electron chi connectivity index (χ0n) is 11.2. The first kappa shape index (κ1) is 11.9. The molecule has 3 aliphatic heterocycles. The summed E-state index contributed by atoms with van der Waals surface area (Å²) in [5, 5.41) is 7.72. The van der Waals surface area contributed by atoms with Crippen LogP contribution in [0.25, 0.3) is 0 Å². The second-order valence-corrected chi connectivity index (χ2v) is 6.06. The minimum atomic E-state index is 0.253. The van der Waals surface area contributed by atoms with E-state index in [0.717, 1.165) is 37.5 Å². The third kappa shape index (κ3) is 2.19. The summed E-state index contributed by atoms with van der Waals surface area (Å²) in [6, 6.07) is 0.253. The summed E-state index contributed by atoms with van der Waals surface area (Å²) in [5.74, 6) is 2.01. The smallest absolute Gasteiger partial charge is 0.243 e. The van der Waals surface area contributed by atoms with E-state index < -0.39 is 0 Å². The fourth-order valence-corrected chi connectivity index (χ4v) is 3.69. The van der Waals surface area contributed by atoms with E-state index in [9.17, 15) is 0 Å². The Morgan fingerprint density at radius 1 is 1.11 bits per heavy atom. The molecule has 1 N–H and O–H groups in total. The maximum absolute atomic E-state index is 5.88. The second-order valence-electron chi connectivity index (χ2n) is 6.06. The average Bonchev–Trinajstić information content (AvgIpc) is 3.11. The highest BCUT2D eigenvalue weighted by Gasteiger charge is 2.43. The lowest BCUT2D eigenvalue weighted by molar-refractivity contribution is 0.0996. The molecule has 19 heavy (non-hydrogen) atoms. The lowest BCUT2D eigenvalue weighted by Gasteiger charge is -2.14. The molecule has 3 saturated heterocycles. The van der Waals surface area contributed by atoms with Crippen molar-refractivity contribution in [2.24, 2.45) is 0 Å². The van der Waals surface area contributed by atoms with Crippen LogP contribution < -0.4 is 5.32 Å². The summed E-state index contributed by atoms with van der Waals surface area (Å²) in [7, 11) is 0. The number of fused-ring (bicyclic) bond motifs is 2. The molecule has 2 bridgehead atoms. The molecule has 5 heteroatoms. The van der Waals surface area contributed by atoms with Gasteiger partial charge in [-0.2, -0.15) is 4.98 Å². The van der Waals surface area contributed by atoms with Crippen molar-refractivity contribution in [1.29, 1.82) is 0 Å². The number of ether oxygens (including phenoxy) is 1. The van der Waals surface area contributed by atoms with E-state index in [-0.39, 0.29) is 6.04 Å². The van der Waals surface area contributed by atoms with Crippen molar-refractivity contribution in [1.82, 2.24) is 15.5 Å². The van der Waals surface area contributed by atoms with Gasteiger partial charge in [-0.3, -0.25) is 0 Å². The molecule has 0 aromatic carbocycles. The van der Waals surface area contributed by atoms with E-state index in [1.165, 1.54) is 25.7 Å². The fraction of sp³-hybridized carbons (Fsp3) is 0.857. The van der Waals surface area contributed by atoms with Gasteiger partial charge < -0.3 is 14.6 Å². The number of nitrogens with one attached hydrogen (secondary N) is 1. The van der Waals surface area contributed by atoms with Gasteiger partial charge in [-0.25, -0.2) is 0 Å². The molecule has 0 spiro atoms. The third-order valence-electron chi connectivity index (χ3n) is 4.75. The van der Waals surface area contributed by atoms with Crippen LogP contribution in [0, 0.1) is 0 Å².